The standard InChI is InChI=1S/C25H33F3N2O2/c1-7-11-12-20-21(23(31)19(10-4)15(5)30(20)6)24(32)29-22-16(8-2)13-18(25(26,27)28)14-17(22)9-3/h13-14H,7-12H2,1-6H3,(H,29,32). The molecule has 7 heteroatoms. The molecule has 0 saturated heterocycles. The van der Waals surface area contributed by atoms with Crippen molar-refractivity contribution in [3.8, 4) is 0 Å². The van der Waals surface area contributed by atoms with Crippen LogP contribution in [0.2, 0.25) is 0 Å². The lowest BCUT2D eigenvalue weighted by Gasteiger charge is -2.21. The molecule has 32 heavy (non-hydrogen) atoms. The number of hydrogen-bond donors (Lipinski definition) is 1. The molecule has 0 aliphatic rings. The average molecular weight is 451 g/mol. The number of nitrogens with zero attached hydrogens (tertiary/aromatic N) is 1. The van der Waals surface area contributed by atoms with Crippen LogP contribution in [-0.4, -0.2) is 10.5 Å². The van der Waals surface area contributed by atoms with Crippen LogP contribution >= 0.6 is 0 Å². The fourth-order valence-electron chi connectivity index (χ4n) is 4.13. The number of amides is 1. The van der Waals surface area contributed by atoms with E-state index in [2.05, 4.69) is 5.32 Å². The van der Waals surface area contributed by atoms with Crippen LogP contribution in [0.4, 0.5) is 18.9 Å². The predicted molar refractivity (Wildman–Crippen MR) is 123 cm³/mol. The zero-order valence-corrected chi connectivity index (χ0v) is 19.8. The van der Waals surface area contributed by atoms with E-state index in [0.717, 1.165) is 30.7 Å². The summed E-state index contributed by atoms with van der Waals surface area (Å²) in [5, 5.41) is 2.81. The zero-order chi connectivity index (χ0) is 24.2. The maximum atomic E-state index is 13.4. The molecule has 0 fully saturated rings. The Balaban J connectivity index is 2.67. The van der Waals surface area contributed by atoms with Gasteiger partial charge in [0.25, 0.3) is 5.91 Å². The highest BCUT2D eigenvalue weighted by molar-refractivity contribution is 6.06. The van der Waals surface area contributed by atoms with Gasteiger partial charge in [0.1, 0.15) is 5.56 Å². The number of unbranched alkanes of at least 4 members (excludes halogenated alkanes) is 1. The van der Waals surface area contributed by atoms with Crippen LogP contribution in [0.15, 0.2) is 16.9 Å². The number of carbonyl (C=O) groups is 1. The second-order valence-electron chi connectivity index (χ2n) is 8.06. The smallest absolute Gasteiger partial charge is 0.351 e. The van der Waals surface area contributed by atoms with Crippen LogP contribution in [0.3, 0.4) is 0 Å². The van der Waals surface area contributed by atoms with Crippen molar-refractivity contribution >= 4 is 11.6 Å². The van der Waals surface area contributed by atoms with Crippen molar-refractivity contribution in [2.24, 2.45) is 7.05 Å². The minimum atomic E-state index is -4.47. The molecule has 2 aromatic rings. The lowest BCUT2D eigenvalue weighted by molar-refractivity contribution is -0.137. The normalized spacial score (nSPS) is 11.7. The molecule has 1 aromatic carbocycles. The first-order valence-corrected chi connectivity index (χ1v) is 11.3. The summed E-state index contributed by atoms with van der Waals surface area (Å²) >= 11 is 0. The number of hydrogen-bond acceptors (Lipinski definition) is 2. The molecule has 0 spiro atoms. The second kappa shape index (κ2) is 10.4. The summed E-state index contributed by atoms with van der Waals surface area (Å²) in [4.78, 5) is 26.7. The van der Waals surface area contributed by atoms with Gasteiger partial charge in [0.2, 0.25) is 0 Å². The third-order valence-electron chi connectivity index (χ3n) is 6.11. The zero-order valence-electron chi connectivity index (χ0n) is 19.8. The summed E-state index contributed by atoms with van der Waals surface area (Å²) in [6.07, 6.45) is -1.03. The van der Waals surface area contributed by atoms with Crippen LogP contribution in [0, 0.1) is 6.92 Å². The fourth-order valence-corrected chi connectivity index (χ4v) is 4.13. The highest BCUT2D eigenvalue weighted by Gasteiger charge is 2.32. The van der Waals surface area contributed by atoms with Crippen LogP contribution < -0.4 is 10.7 Å². The van der Waals surface area contributed by atoms with Crippen LogP contribution in [0.1, 0.15) is 84.5 Å². The maximum absolute atomic E-state index is 13.4. The molecule has 0 bridgehead atoms. The van der Waals surface area contributed by atoms with E-state index in [9.17, 15) is 22.8 Å². The first-order chi connectivity index (χ1) is 15.0. The number of halogens is 3. The number of benzene rings is 1. The van der Waals surface area contributed by atoms with Gasteiger partial charge in [-0.3, -0.25) is 9.59 Å². The lowest BCUT2D eigenvalue weighted by atomic mass is 9.97. The van der Waals surface area contributed by atoms with Gasteiger partial charge in [-0.1, -0.05) is 34.1 Å². The quantitative estimate of drug-likeness (QED) is 0.537. The second-order valence-corrected chi connectivity index (χ2v) is 8.06. The summed E-state index contributed by atoms with van der Waals surface area (Å²) in [6.45, 7) is 9.28. The highest BCUT2D eigenvalue weighted by atomic mass is 19.4. The summed E-state index contributed by atoms with van der Waals surface area (Å²) in [5.41, 5.74) is 2.31. The Morgan fingerprint density at radius 2 is 1.59 bits per heavy atom. The van der Waals surface area contributed by atoms with E-state index in [1.54, 1.807) is 13.8 Å². The van der Waals surface area contributed by atoms with E-state index in [1.807, 2.05) is 32.4 Å². The summed E-state index contributed by atoms with van der Waals surface area (Å²) < 4.78 is 41.9. The molecule has 0 aliphatic carbocycles. The molecule has 0 atom stereocenters. The molecule has 0 aliphatic heterocycles. The number of pyridine rings is 1. The van der Waals surface area contributed by atoms with Crippen LogP contribution in [-0.2, 0) is 38.9 Å². The van der Waals surface area contributed by atoms with Crippen LogP contribution in [0.25, 0.3) is 0 Å². The molecular formula is C25H33F3N2O2. The Bertz CT molecular complexity index is 1030. The number of anilines is 1. The molecule has 2 rings (SSSR count). The number of aryl methyl sites for hydroxylation is 2. The summed E-state index contributed by atoms with van der Waals surface area (Å²) in [5.74, 6) is -0.560. The molecule has 176 valence electrons. The van der Waals surface area contributed by atoms with Gasteiger partial charge in [0.05, 0.1) is 5.56 Å². The molecule has 1 aromatic heterocycles. The third-order valence-corrected chi connectivity index (χ3v) is 6.11. The third kappa shape index (κ3) is 5.08. The predicted octanol–water partition coefficient (Wildman–Crippen LogP) is 5.99. The van der Waals surface area contributed by atoms with Gasteiger partial charge < -0.3 is 9.88 Å². The van der Waals surface area contributed by atoms with Crippen molar-refractivity contribution in [2.75, 3.05) is 5.32 Å². The highest BCUT2D eigenvalue weighted by Crippen LogP contribution is 2.35. The average Bonchev–Trinajstić information content (AvgIpc) is 2.74. The minimum absolute atomic E-state index is 0.0902. The molecule has 0 saturated carbocycles. The van der Waals surface area contributed by atoms with Gasteiger partial charge in [-0.05, 0) is 62.3 Å². The van der Waals surface area contributed by atoms with Crippen LogP contribution in [0.5, 0.6) is 0 Å². The van der Waals surface area contributed by atoms with E-state index < -0.39 is 17.6 Å². The minimum Gasteiger partial charge on any atom is -0.351 e. The molecule has 0 unspecified atom stereocenters. The topological polar surface area (TPSA) is 51.1 Å². The SMILES string of the molecule is CCCCc1c(C(=O)Nc2c(CC)cc(C(F)(F)F)cc2CC)c(=O)c(CC)c(C)n1C. The van der Waals surface area contributed by atoms with Gasteiger partial charge in [0.15, 0.2) is 5.43 Å². The van der Waals surface area contributed by atoms with Gasteiger partial charge in [0, 0.05) is 29.7 Å². The molecule has 0 radical (unpaired) electrons. The monoisotopic (exact) mass is 450 g/mol. The largest absolute Gasteiger partial charge is 0.416 e. The molecule has 4 nitrogen and oxygen atoms in total. The van der Waals surface area contributed by atoms with Gasteiger partial charge in [-0.2, -0.15) is 13.2 Å². The van der Waals surface area contributed by atoms with Crippen molar-refractivity contribution in [1.29, 1.82) is 0 Å². The maximum Gasteiger partial charge on any atom is 0.416 e. The fraction of sp³-hybridized carbons (Fsp3) is 0.520. The van der Waals surface area contributed by atoms with E-state index in [0.29, 0.717) is 53.8 Å². The summed E-state index contributed by atoms with van der Waals surface area (Å²) in [6, 6.07) is 2.16. The van der Waals surface area contributed by atoms with E-state index in [-0.39, 0.29) is 11.0 Å². The number of aromatic nitrogens is 1. The Labute approximate surface area is 187 Å². The Morgan fingerprint density at radius 3 is 2.03 bits per heavy atom. The Morgan fingerprint density at radius 1 is 1.03 bits per heavy atom. The van der Waals surface area contributed by atoms with Gasteiger partial charge in [-0.25, -0.2) is 0 Å². The van der Waals surface area contributed by atoms with Crippen molar-refractivity contribution in [3.63, 3.8) is 0 Å². The van der Waals surface area contributed by atoms with E-state index >= 15 is 0 Å². The molecule has 1 amide bonds. The van der Waals surface area contributed by atoms with E-state index in [4.69, 9.17) is 0 Å². The first kappa shape index (κ1) is 25.7. The number of carbonyl (C=O) groups excluding carboxylic acids is 1. The number of rotatable bonds is 8. The molecule has 1 N–H and O–H groups in total. The Hall–Kier alpha value is -2.57. The van der Waals surface area contributed by atoms with Gasteiger partial charge in [-0.15, -0.1) is 0 Å². The van der Waals surface area contributed by atoms with Crippen molar-refractivity contribution in [1.82, 2.24) is 4.57 Å². The van der Waals surface area contributed by atoms with Crippen molar-refractivity contribution in [3.05, 3.63) is 61.6 Å². The van der Waals surface area contributed by atoms with Gasteiger partial charge >= 0.3 is 6.18 Å². The van der Waals surface area contributed by atoms with Crippen molar-refractivity contribution in [2.45, 2.75) is 79.3 Å². The summed E-state index contributed by atoms with van der Waals surface area (Å²) in [7, 11) is 1.85. The Kier molecular flexibility index (Phi) is 8.32. The lowest BCUT2D eigenvalue weighted by Crippen LogP contribution is -2.31. The number of alkyl halides is 3. The molecular weight excluding hydrogens is 417 g/mol. The van der Waals surface area contributed by atoms with Crippen molar-refractivity contribution < 1.29 is 18.0 Å². The molecule has 1 heterocycles. The van der Waals surface area contributed by atoms with E-state index in [1.165, 1.54) is 0 Å². The number of nitrogens with one attached hydrogen (secondary N) is 1. The first-order valence-electron chi connectivity index (χ1n) is 11.3.